The summed E-state index contributed by atoms with van der Waals surface area (Å²) in [4.78, 5) is 26.6. The number of nitrogens with one attached hydrogen (secondary N) is 2. The van der Waals surface area contributed by atoms with Crippen LogP contribution in [0.2, 0.25) is 0 Å². The molecule has 2 aromatic heterocycles. The third-order valence-electron chi connectivity index (χ3n) is 5.95. The molecule has 27 heavy (non-hydrogen) atoms. The van der Waals surface area contributed by atoms with Crippen molar-refractivity contribution < 1.29 is 4.79 Å². The molecule has 144 valence electrons. The normalized spacial score (nSPS) is 23.0. The van der Waals surface area contributed by atoms with Gasteiger partial charge < -0.3 is 15.2 Å². The Hall–Kier alpha value is -2.37. The molecule has 1 saturated carbocycles. The molecule has 2 N–H and O–H groups in total. The van der Waals surface area contributed by atoms with Crippen molar-refractivity contribution in [3.05, 3.63) is 30.7 Å². The van der Waals surface area contributed by atoms with Crippen LogP contribution in [0, 0.1) is 11.8 Å². The largest absolute Gasteiger partial charge is 0.365 e. The summed E-state index contributed by atoms with van der Waals surface area (Å²) in [5, 5.41) is 4.72. The van der Waals surface area contributed by atoms with Gasteiger partial charge in [0.05, 0.1) is 5.39 Å². The Morgan fingerprint density at radius 3 is 2.89 bits per heavy atom. The van der Waals surface area contributed by atoms with E-state index in [1.165, 1.54) is 24.5 Å². The molecule has 6 heteroatoms. The topological polar surface area (TPSA) is 73.9 Å². The van der Waals surface area contributed by atoms with Gasteiger partial charge >= 0.3 is 0 Å². The number of carbonyl (C=O) groups is 1. The third-order valence-corrected chi connectivity index (χ3v) is 5.95. The Labute approximate surface area is 160 Å². The molecule has 2 aromatic rings. The van der Waals surface area contributed by atoms with E-state index in [0.29, 0.717) is 12.5 Å². The predicted molar refractivity (Wildman–Crippen MR) is 107 cm³/mol. The zero-order valence-electron chi connectivity index (χ0n) is 16.2. The highest BCUT2D eigenvalue weighted by Gasteiger charge is 2.33. The van der Waals surface area contributed by atoms with E-state index in [9.17, 15) is 4.79 Å². The second-order valence-electron chi connectivity index (χ2n) is 8.33. The van der Waals surface area contributed by atoms with Crippen LogP contribution in [0.4, 0.5) is 5.82 Å². The third kappa shape index (κ3) is 3.70. The molecule has 1 unspecified atom stereocenters. The minimum absolute atomic E-state index is 0.0177. The maximum atomic E-state index is 12.4. The van der Waals surface area contributed by atoms with Gasteiger partial charge in [-0.25, -0.2) is 9.97 Å². The van der Waals surface area contributed by atoms with Crippen LogP contribution in [0.15, 0.2) is 25.2 Å². The van der Waals surface area contributed by atoms with Crippen LogP contribution in [0.25, 0.3) is 11.0 Å². The summed E-state index contributed by atoms with van der Waals surface area (Å²) < 4.78 is 0. The van der Waals surface area contributed by atoms with E-state index < -0.39 is 0 Å². The van der Waals surface area contributed by atoms with Gasteiger partial charge in [0.2, 0.25) is 5.91 Å². The molecular formula is C21H29N5O. The number of carbonyl (C=O) groups excluding carboxylic acids is 1. The highest BCUT2D eigenvalue weighted by Crippen LogP contribution is 2.36. The molecule has 2 fully saturated rings. The number of hydrogen-bond acceptors (Lipinski definition) is 4. The van der Waals surface area contributed by atoms with Crippen molar-refractivity contribution in [1.82, 2.24) is 19.9 Å². The summed E-state index contributed by atoms with van der Waals surface area (Å²) in [6, 6.07) is 0.460. The van der Waals surface area contributed by atoms with E-state index in [4.69, 9.17) is 0 Å². The Morgan fingerprint density at radius 2 is 2.19 bits per heavy atom. The number of fused-ring (bicyclic) bond motifs is 1. The Kier molecular flexibility index (Phi) is 4.89. The number of rotatable bonds is 6. The van der Waals surface area contributed by atoms with Crippen molar-refractivity contribution in [1.29, 1.82) is 0 Å². The molecule has 1 aliphatic heterocycles. The number of H-pyrrole nitrogens is 1. The zero-order chi connectivity index (χ0) is 19.0. The molecule has 0 spiro atoms. The van der Waals surface area contributed by atoms with Crippen molar-refractivity contribution in [2.24, 2.45) is 11.8 Å². The van der Waals surface area contributed by atoms with Gasteiger partial charge in [-0.3, -0.25) is 4.79 Å². The van der Waals surface area contributed by atoms with Gasteiger partial charge in [0.15, 0.2) is 0 Å². The SMILES string of the molecule is C=CC(=O)N1C[C@@H](Nc2ncnc3[nH]cc(CC4CC4)c23)CCC1C(C)C. The second-order valence-corrected chi connectivity index (χ2v) is 8.33. The van der Waals surface area contributed by atoms with E-state index in [1.54, 1.807) is 6.33 Å². The number of anilines is 1. The van der Waals surface area contributed by atoms with Gasteiger partial charge in [0.1, 0.15) is 17.8 Å². The van der Waals surface area contributed by atoms with E-state index in [1.807, 2.05) is 4.90 Å². The van der Waals surface area contributed by atoms with Gasteiger partial charge in [-0.15, -0.1) is 0 Å². The van der Waals surface area contributed by atoms with Crippen LogP contribution in [0.5, 0.6) is 0 Å². The lowest BCUT2D eigenvalue weighted by atomic mass is 9.90. The van der Waals surface area contributed by atoms with Crippen LogP contribution >= 0.6 is 0 Å². The second kappa shape index (κ2) is 7.33. The molecule has 1 aliphatic carbocycles. The minimum Gasteiger partial charge on any atom is -0.365 e. The Morgan fingerprint density at radius 1 is 1.37 bits per heavy atom. The monoisotopic (exact) mass is 367 g/mol. The van der Waals surface area contributed by atoms with Gasteiger partial charge in [-0.2, -0.15) is 0 Å². The molecule has 4 rings (SSSR count). The van der Waals surface area contributed by atoms with E-state index in [-0.39, 0.29) is 18.0 Å². The lowest BCUT2D eigenvalue weighted by Gasteiger charge is -2.41. The van der Waals surface area contributed by atoms with Gasteiger partial charge in [-0.05, 0) is 55.6 Å². The number of aromatic amines is 1. The number of hydrogen-bond donors (Lipinski definition) is 2. The molecule has 1 amide bonds. The molecule has 0 bridgehead atoms. The van der Waals surface area contributed by atoms with E-state index in [2.05, 4.69) is 46.9 Å². The van der Waals surface area contributed by atoms with Gasteiger partial charge in [0, 0.05) is 24.8 Å². The van der Waals surface area contributed by atoms with Crippen molar-refractivity contribution in [2.45, 2.75) is 58.0 Å². The maximum Gasteiger partial charge on any atom is 0.246 e. The van der Waals surface area contributed by atoms with Gasteiger partial charge in [0.25, 0.3) is 0 Å². The van der Waals surface area contributed by atoms with Crippen LogP contribution < -0.4 is 5.32 Å². The molecule has 6 nitrogen and oxygen atoms in total. The summed E-state index contributed by atoms with van der Waals surface area (Å²) >= 11 is 0. The van der Waals surface area contributed by atoms with Crippen molar-refractivity contribution in [3.8, 4) is 0 Å². The highest BCUT2D eigenvalue weighted by atomic mass is 16.2. The molecular weight excluding hydrogens is 338 g/mol. The first-order valence-corrected chi connectivity index (χ1v) is 10.1. The smallest absolute Gasteiger partial charge is 0.246 e. The van der Waals surface area contributed by atoms with Crippen LogP contribution in [0.1, 0.15) is 45.1 Å². The number of piperidine rings is 1. The molecule has 0 radical (unpaired) electrons. The van der Waals surface area contributed by atoms with E-state index >= 15 is 0 Å². The Bertz CT molecular complexity index is 838. The number of nitrogens with zero attached hydrogens (tertiary/aromatic N) is 3. The first-order valence-electron chi connectivity index (χ1n) is 10.1. The first kappa shape index (κ1) is 18.0. The number of likely N-dealkylation sites (tertiary alicyclic amines) is 1. The summed E-state index contributed by atoms with van der Waals surface area (Å²) in [6.45, 7) is 8.72. The molecule has 1 saturated heterocycles. The standard InChI is InChI=1S/C21H29N5O/c1-4-18(27)26-11-16(7-8-17(26)13(2)3)25-21-19-15(9-14-5-6-14)10-22-20(19)23-12-24-21/h4,10,12-14,16-17H,1,5-9,11H2,2-3H3,(H2,22,23,24,25)/t16-,17?/m0/s1. The summed E-state index contributed by atoms with van der Waals surface area (Å²) in [5.41, 5.74) is 2.18. The first-order chi connectivity index (χ1) is 13.1. The number of aromatic nitrogens is 3. The lowest BCUT2D eigenvalue weighted by molar-refractivity contribution is -0.130. The van der Waals surface area contributed by atoms with Crippen LogP contribution in [-0.4, -0.2) is 44.4 Å². The summed E-state index contributed by atoms with van der Waals surface area (Å²) in [6.07, 6.45) is 10.9. The number of amides is 1. The molecule has 0 aromatic carbocycles. The average Bonchev–Trinajstić information content (AvgIpc) is 3.39. The van der Waals surface area contributed by atoms with Crippen molar-refractivity contribution >= 4 is 22.8 Å². The summed E-state index contributed by atoms with van der Waals surface area (Å²) in [5.74, 6) is 2.15. The fraction of sp³-hybridized carbons (Fsp3) is 0.571. The summed E-state index contributed by atoms with van der Waals surface area (Å²) in [7, 11) is 0. The fourth-order valence-electron chi connectivity index (χ4n) is 4.30. The van der Waals surface area contributed by atoms with Crippen LogP contribution in [-0.2, 0) is 11.2 Å². The van der Waals surface area contributed by atoms with Crippen molar-refractivity contribution in [3.63, 3.8) is 0 Å². The Balaban J connectivity index is 1.56. The molecule has 2 aliphatic rings. The maximum absolute atomic E-state index is 12.4. The quantitative estimate of drug-likeness (QED) is 0.766. The average molecular weight is 367 g/mol. The fourth-order valence-corrected chi connectivity index (χ4v) is 4.30. The minimum atomic E-state index is 0.0177. The predicted octanol–water partition coefficient (Wildman–Crippen LogP) is 3.52. The zero-order valence-corrected chi connectivity index (χ0v) is 16.2. The van der Waals surface area contributed by atoms with Crippen LogP contribution in [0.3, 0.4) is 0 Å². The van der Waals surface area contributed by atoms with Gasteiger partial charge in [-0.1, -0.05) is 20.4 Å². The van der Waals surface area contributed by atoms with E-state index in [0.717, 1.165) is 42.0 Å². The molecule has 3 heterocycles. The lowest BCUT2D eigenvalue weighted by Crippen LogP contribution is -2.52. The molecule has 2 atom stereocenters. The van der Waals surface area contributed by atoms with Crippen molar-refractivity contribution in [2.75, 3.05) is 11.9 Å². The highest BCUT2D eigenvalue weighted by molar-refractivity contribution is 5.90.